The number of nitrogens with two attached hydrogens (primary N) is 1. The molecule has 4 atom stereocenters. The Labute approximate surface area is 93.8 Å². The lowest BCUT2D eigenvalue weighted by molar-refractivity contribution is -0.172. The van der Waals surface area contributed by atoms with Crippen LogP contribution in [0.15, 0.2) is 12.6 Å². The first-order valence-electron chi connectivity index (χ1n) is 5.09. The van der Waals surface area contributed by atoms with Gasteiger partial charge in [-0.15, -0.1) is 6.55 Å². The van der Waals surface area contributed by atoms with E-state index < -0.39 is 42.8 Å². The molecule has 0 saturated heterocycles. The molecule has 0 heterocycles. The van der Waals surface area contributed by atoms with E-state index in [4.69, 9.17) is 17.3 Å². The average molecular weight is 236 g/mol. The molecule has 0 aromatic carbocycles. The van der Waals surface area contributed by atoms with E-state index >= 15 is 0 Å². The Bertz CT molecular complexity index is 287. The predicted octanol–water partition coefficient (Wildman–Crippen LogP) is -3.15. The number of aliphatic hydroxyl groups excluding tert-OH is 4. The molecule has 0 aliphatic carbocycles. The maximum Gasteiger partial charge on any atom is 0.252 e. The molecule has 0 fully saturated rings. The number of aliphatic hydroxyl groups is 5. The summed E-state index contributed by atoms with van der Waals surface area (Å²) in [5.41, 5.74) is 2.37. The Hall–Kier alpha value is -0.990. The first-order chi connectivity index (χ1) is 7.81. The molecule has 7 heteroatoms. The van der Waals surface area contributed by atoms with Gasteiger partial charge in [0.2, 0.25) is 0 Å². The SMILES string of the molecule is [2H]C=CC[C@](O)(C(N)=O)[C@@H](O)[C@H](O)[C@H](O)CO. The summed E-state index contributed by atoms with van der Waals surface area (Å²) in [5.74, 6) is -1.31. The zero-order valence-corrected chi connectivity index (χ0v) is 8.52. The van der Waals surface area contributed by atoms with Crippen LogP contribution in [0.25, 0.3) is 0 Å². The highest BCUT2D eigenvalue weighted by Crippen LogP contribution is 2.20. The van der Waals surface area contributed by atoms with Crippen molar-refractivity contribution in [2.24, 2.45) is 5.73 Å². The molecule has 7 N–H and O–H groups in total. The fourth-order valence-corrected chi connectivity index (χ4v) is 1.15. The van der Waals surface area contributed by atoms with Crippen LogP contribution < -0.4 is 5.73 Å². The Balaban J connectivity index is 4.99. The van der Waals surface area contributed by atoms with Gasteiger partial charge < -0.3 is 31.3 Å². The normalized spacial score (nSPS) is 22.2. The van der Waals surface area contributed by atoms with Crippen molar-refractivity contribution in [1.82, 2.24) is 0 Å². The van der Waals surface area contributed by atoms with Gasteiger partial charge in [-0.05, 0) is 0 Å². The van der Waals surface area contributed by atoms with Crippen LogP contribution >= 0.6 is 0 Å². The van der Waals surface area contributed by atoms with Gasteiger partial charge in [0.15, 0.2) is 5.60 Å². The molecular weight excluding hydrogens is 218 g/mol. The van der Waals surface area contributed by atoms with Crippen LogP contribution in [-0.2, 0) is 4.79 Å². The first-order valence-corrected chi connectivity index (χ1v) is 4.52. The number of hydrogen-bond donors (Lipinski definition) is 6. The van der Waals surface area contributed by atoms with Gasteiger partial charge in [-0.3, -0.25) is 4.79 Å². The number of rotatable bonds is 7. The molecule has 0 aliphatic rings. The molecule has 16 heavy (non-hydrogen) atoms. The van der Waals surface area contributed by atoms with Crippen LogP contribution in [0.4, 0.5) is 0 Å². The summed E-state index contributed by atoms with van der Waals surface area (Å²) in [4.78, 5) is 11.0. The number of carbonyl (C=O) groups excluding carboxylic acids is 1. The third-order valence-corrected chi connectivity index (χ3v) is 2.25. The lowest BCUT2D eigenvalue weighted by Gasteiger charge is -2.33. The quantitative estimate of drug-likeness (QED) is 0.258. The van der Waals surface area contributed by atoms with Gasteiger partial charge in [-0.25, -0.2) is 0 Å². The van der Waals surface area contributed by atoms with Gasteiger partial charge in [0, 0.05) is 6.42 Å². The minimum Gasteiger partial charge on any atom is -0.394 e. The summed E-state index contributed by atoms with van der Waals surface area (Å²) >= 11 is 0. The second-order valence-corrected chi connectivity index (χ2v) is 3.41. The van der Waals surface area contributed by atoms with E-state index in [0.717, 1.165) is 12.6 Å². The standard InChI is InChI=1S/C9H17NO6/c1-2-3-9(16,8(10)15)7(14)6(13)5(12)4-11/h2,5-7,11-14,16H,1,3-4H2,(H2,10,15)/t5-,6-,7+,9-/m1/s1/i1D. The van der Waals surface area contributed by atoms with Gasteiger partial charge >= 0.3 is 0 Å². The molecule has 94 valence electrons. The topological polar surface area (TPSA) is 144 Å². The highest BCUT2D eigenvalue weighted by Gasteiger charge is 2.46. The smallest absolute Gasteiger partial charge is 0.252 e. The van der Waals surface area contributed by atoms with Crippen molar-refractivity contribution in [2.75, 3.05) is 6.61 Å². The number of carbonyl (C=O) groups is 1. The fraction of sp³-hybridized carbons (Fsp3) is 0.667. The van der Waals surface area contributed by atoms with E-state index in [1.807, 2.05) is 0 Å². The molecule has 7 nitrogen and oxygen atoms in total. The van der Waals surface area contributed by atoms with Gasteiger partial charge in [-0.1, -0.05) is 6.08 Å². The van der Waals surface area contributed by atoms with Gasteiger partial charge in [0.1, 0.15) is 18.3 Å². The summed E-state index contributed by atoms with van der Waals surface area (Å²) in [6.07, 6.45) is -5.21. The molecule has 0 bridgehead atoms. The molecule has 0 rings (SSSR count). The highest BCUT2D eigenvalue weighted by molar-refractivity contribution is 5.84. The Morgan fingerprint density at radius 1 is 1.56 bits per heavy atom. The molecular formula is C9H17NO6. The Morgan fingerprint density at radius 2 is 2.12 bits per heavy atom. The Morgan fingerprint density at radius 3 is 2.50 bits per heavy atom. The van der Waals surface area contributed by atoms with Crippen LogP contribution in [0.1, 0.15) is 7.79 Å². The zero-order chi connectivity index (χ0) is 13.6. The lowest BCUT2D eigenvalue weighted by Crippen LogP contribution is -2.59. The van der Waals surface area contributed by atoms with Crippen LogP contribution in [-0.4, -0.2) is 62.0 Å². The van der Waals surface area contributed by atoms with Gasteiger partial charge in [-0.2, -0.15) is 0 Å². The van der Waals surface area contributed by atoms with E-state index in [1.54, 1.807) is 0 Å². The van der Waals surface area contributed by atoms with Crippen LogP contribution in [0.3, 0.4) is 0 Å². The minimum absolute atomic E-state index is 0.498. The van der Waals surface area contributed by atoms with E-state index in [1.165, 1.54) is 0 Å². The van der Waals surface area contributed by atoms with Crippen molar-refractivity contribution in [3.63, 3.8) is 0 Å². The van der Waals surface area contributed by atoms with E-state index in [0.29, 0.717) is 0 Å². The average Bonchev–Trinajstić information content (AvgIpc) is 2.32. The molecule has 0 aromatic rings. The van der Waals surface area contributed by atoms with Crippen molar-refractivity contribution >= 4 is 5.91 Å². The maximum atomic E-state index is 11.0. The van der Waals surface area contributed by atoms with Crippen molar-refractivity contribution in [3.05, 3.63) is 12.6 Å². The van der Waals surface area contributed by atoms with Crippen LogP contribution in [0.2, 0.25) is 0 Å². The van der Waals surface area contributed by atoms with E-state index in [-0.39, 0.29) is 0 Å². The molecule has 0 radical (unpaired) electrons. The number of amides is 1. The van der Waals surface area contributed by atoms with Crippen LogP contribution in [0.5, 0.6) is 0 Å². The summed E-state index contributed by atoms with van der Waals surface area (Å²) in [6.45, 7) is -0.0865. The van der Waals surface area contributed by atoms with Crippen molar-refractivity contribution in [1.29, 1.82) is 0 Å². The summed E-state index contributed by atoms with van der Waals surface area (Å²) in [7, 11) is 0. The second kappa shape index (κ2) is 5.92. The lowest BCUT2D eigenvalue weighted by atomic mass is 9.87. The van der Waals surface area contributed by atoms with Crippen molar-refractivity contribution in [3.8, 4) is 0 Å². The summed E-state index contributed by atoms with van der Waals surface area (Å²) in [6, 6.07) is 0. The summed E-state index contributed by atoms with van der Waals surface area (Å²) < 4.78 is 6.72. The third kappa shape index (κ3) is 3.00. The van der Waals surface area contributed by atoms with Gasteiger partial charge in [0.25, 0.3) is 5.91 Å². The monoisotopic (exact) mass is 236 g/mol. The maximum absolute atomic E-state index is 11.0. The Kier molecular flexibility index (Phi) is 4.84. The predicted molar refractivity (Wildman–Crippen MR) is 54.1 cm³/mol. The highest BCUT2D eigenvalue weighted by atomic mass is 16.4. The summed E-state index contributed by atoms with van der Waals surface area (Å²) in [5, 5.41) is 46.4. The molecule has 0 unspecified atom stereocenters. The largest absolute Gasteiger partial charge is 0.394 e. The minimum atomic E-state index is -2.52. The zero-order valence-electron chi connectivity index (χ0n) is 9.52. The third-order valence-electron chi connectivity index (χ3n) is 2.25. The molecule has 0 aromatic heterocycles. The number of hydrogen-bond acceptors (Lipinski definition) is 6. The molecule has 0 aliphatic heterocycles. The van der Waals surface area contributed by atoms with Gasteiger partial charge in [0.05, 0.1) is 7.98 Å². The molecule has 0 saturated carbocycles. The molecule has 1 amide bonds. The van der Waals surface area contributed by atoms with Crippen molar-refractivity contribution in [2.45, 2.75) is 30.3 Å². The number of primary amides is 1. The second-order valence-electron chi connectivity index (χ2n) is 3.41. The first kappa shape index (κ1) is 13.1. The van der Waals surface area contributed by atoms with Crippen molar-refractivity contribution < 1.29 is 31.7 Å². The van der Waals surface area contributed by atoms with E-state index in [2.05, 4.69) is 0 Å². The van der Waals surface area contributed by atoms with Crippen LogP contribution in [0, 0.1) is 0 Å². The molecule has 0 spiro atoms. The van der Waals surface area contributed by atoms with E-state index in [9.17, 15) is 20.1 Å². The fourth-order valence-electron chi connectivity index (χ4n) is 1.15.